The van der Waals surface area contributed by atoms with Crippen molar-refractivity contribution in [2.75, 3.05) is 6.61 Å². The average molecular weight is 204 g/mol. The van der Waals surface area contributed by atoms with Crippen LogP contribution in [0.3, 0.4) is 0 Å². The smallest absolute Gasteiger partial charge is 0.149 e. The van der Waals surface area contributed by atoms with Gasteiger partial charge in [-0.2, -0.15) is 9.81 Å². The lowest BCUT2D eigenvalue weighted by Crippen LogP contribution is -2.55. The van der Waals surface area contributed by atoms with Gasteiger partial charge in [-0.05, 0) is 6.92 Å². The molecule has 0 spiro atoms. The van der Waals surface area contributed by atoms with Crippen LogP contribution in [0.25, 0.3) is 0 Å². The number of aliphatic hydroxyl groups is 2. The summed E-state index contributed by atoms with van der Waals surface area (Å²) >= 11 is 0. The molecule has 5 unspecified atom stereocenters. The van der Waals surface area contributed by atoms with Crippen molar-refractivity contribution in [3.8, 4) is 0 Å². The van der Waals surface area contributed by atoms with Crippen molar-refractivity contribution in [1.82, 2.24) is 0 Å². The molecule has 0 aliphatic carbocycles. The van der Waals surface area contributed by atoms with Gasteiger partial charge in [0.1, 0.15) is 24.3 Å². The lowest BCUT2D eigenvalue weighted by Gasteiger charge is -2.36. The third kappa shape index (κ3) is 1.79. The minimum absolute atomic E-state index is 0.431. The Balaban J connectivity index is 2.85. The van der Waals surface area contributed by atoms with Crippen LogP contribution in [0.15, 0.2) is 10.4 Å². The van der Waals surface area contributed by atoms with Gasteiger partial charge in [0, 0.05) is 0 Å². The highest BCUT2D eigenvalue weighted by Crippen LogP contribution is 2.25. The van der Waals surface area contributed by atoms with Gasteiger partial charge in [0.05, 0.1) is 12.7 Å². The van der Waals surface area contributed by atoms with Crippen LogP contribution >= 0.6 is 0 Å². The monoisotopic (exact) mass is 204 g/mol. The van der Waals surface area contributed by atoms with E-state index >= 15 is 0 Å². The second-order valence-corrected chi connectivity index (χ2v) is 3.24. The van der Waals surface area contributed by atoms with Crippen LogP contribution < -0.4 is 0 Å². The van der Waals surface area contributed by atoms with Crippen molar-refractivity contribution in [3.05, 3.63) is 9.81 Å². The third-order valence-corrected chi connectivity index (χ3v) is 2.37. The van der Waals surface area contributed by atoms with E-state index in [4.69, 9.17) is 9.84 Å². The molecule has 1 aliphatic rings. The predicted octanol–water partition coefficient (Wildman–Crippen LogP) is -0.603. The Labute approximate surface area is 80.0 Å². The molecule has 0 aromatic carbocycles. The van der Waals surface area contributed by atoms with Gasteiger partial charge < -0.3 is 14.9 Å². The Morgan fingerprint density at radius 3 is 2.29 bits per heavy atom. The summed E-state index contributed by atoms with van der Waals surface area (Å²) in [7, 11) is 0. The van der Waals surface area contributed by atoms with Crippen molar-refractivity contribution in [2.45, 2.75) is 37.3 Å². The van der Waals surface area contributed by atoms with Gasteiger partial charge in [-0.25, -0.2) is 0 Å². The molecule has 0 saturated carbocycles. The fraction of sp³-hybridized carbons (Fsp3) is 1.00. The molecule has 1 fully saturated rings. The molecule has 0 radical (unpaired) electrons. The fourth-order valence-electron chi connectivity index (χ4n) is 1.54. The molecule has 7 heteroatoms. The average Bonchev–Trinajstić information content (AvgIpc) is 2.20. The molecule has 2 N–H and O–H groups in total. The standard InChI is InChI=1S/C7H12N2O5/c1-3-7(11)6(9-13)5(8-12)4(2-10)14-3/h3-7,10-11H,2H2,1H3. The van der Waals surface area contributed by atoms with E-state index in [1.165, 1.54) is 6.92 Å². The lowest BCUT2D eigenvalue weighted by atomic mass is 9.92. The van der Waals surface area contributed by atoms with Gasteiger partial charge in [-0.1, -0.05) is 10.4 Å². The molecule has 14 heavy (non-hydrogen) atoms. The topological polar surface area (TPSA) is 109 Å². The number of hydrogen-bond acceptors (Lipinski definition) is 7. The largest absolute Gasteiger partial charge is 0.394 e. The van der Waals surface area contributed by atoms with Crippen molar-refractivity contribution in [3.63, 3.8) is 0 Å². The second kappa shape index (κ2) is 4.54. The Bertz CT molecular complexity index is 216. The first kappa shape index (κ1) is 11.2. The van der Waals surface area contributed by atoms with E-state index in [1.54, 1.807) is 0 Å². The minimum Gasteiger partial charge on any atom is -0.394 e. The van der Waals surface area contributed by atoms with E-state index in [0.717, 1.165) is 0 Å². The van der Waals surface area contributed by atoms with Crippen LogP contribution in [0.2, 0.25) is 0 Å². The summed E-state index contributed by atoms with van der Waals surface area (Å²) in [6.45, 7) is 1.10. The number of hydrogen-bond donors (Lipinski definition) is 2. The molecule has 80 valence electrons. The summed E-state index contributed by atoms with van der Waals surface area (Å²) in [5.41, 5.74) is 0. The number of nitroso groups, excluding NO2 is 2. The summed E-state index contributed by atoms with van der Waals surface area (Å²) < 4.78 is 5.09. The highest BCUT2D eigenvalue weighted by atomic mass is 16.5. The molecule has 1 rings (SSSR count). The van der Waals surface area contributed by atoms with Crippen LogP contribution in [0.1, 0.15) is 6.92 Å². The Kier molecular flexibility index (Phi) is 3.62. The van der Waals surface area contributed by atoms with E-state index < -0.39 is 37.0 Å². The molecule has 0 bridgehead atoms. The Hall–Kier alpha value is -0.920. The molecule has 1 saturated heterocycles. The van der Waals surface area contributed by atoms with Gasteiger partial charge in [0.25, 0.3) is 0 Å². The first-order valence-electron chi connectivity index (χ1n) is 4.25. The maximum Gasteiger partial charge on any atom is 0.149 e. The van der Waals surface area contributed by atoms with E-state index in [0.29, 0.717) is 0 Å². The van der Waals surface area contributed by atoms with E-state index in [1.807, 2.05) is 0 Å². The SMILES string of the molecule is CC1OC(CO)C(N=O)C(N=O)C1O. The molecule has 0 aromatic rings. The van der Waals surface area contributed by atoms with E-state index in [2.05, 4.69) is 10.4 Å². The van der Waals surface area contributed by atoms with Crippen LogP contribution in [0, 0.1) is 9.81 Å². The van der Waals surface area contributed by atoms with Crippen LogP contribution in [-0.2, 0) is 4.74 Å². The third-order valence-electron chi connectivity index (χ3n) is 2.37. The quantitative estimate of drug-likeness (QED) is 0.596. The molecular weight excluding hydrogens is 192 g/mol. The first-order valence-corrected chi connectivity index (χ1v) is 4.25. The highest BCUT2D eigenvalue weighted by Gasteiger charge is 2.45. The van der Waals surface area contributed by atoms with Crippen molar-refractivity contribution >= 4 is 0 Å². The summed E-state index contributed by atoms with van der Waals surface area (Å²) in [6, 6.07) is -2.27. The Morgan fingerprint density at radius 2 is 1.86 bits per heavy atom. The summed E-state index contributed by atoms with van der Waals surface area (Å²) in [5, 5.41) is 23.6. The lowest BCUT2D eigenvalue weighted by molar-refractivity contribution is -0.138. The molecule has 0 amide bonds. The molecule has 0 aromatic heterocycles. The second-order valence-electron chi connectivity index (χ2n) is 3.24. The van der Waals surface area contributed by atoms with Gasteiger partial charge in [-0.15, -0.1) is 0 Å². The maximum atomic E-state index is 10.4. The highest BCUT2D eigenvalue weighted by molar-refractivity contribution is 4.99. The zero-order valence-corrected chi connectivity index (χ0v) is 7.61. The van der Waals surface area contributed by atoms with Gasteiger partial charge >= 0.3 is 0 Å². The van der Waals surface area contributed by atoms with Gasteiger partial charge in [0.15, 0.2) is 0 Å². The summed E-state index contributed by atoms with van der Waals surface area (Å²) in [5.74, 6) is 0. The number of nitrogens with zero attached hydrogens (tertiary/aromatic N) is 2. The van der Waals surface area contributed by atoms with Crippen LogP contribution in [-0.4, -0.2) is 47.2 Å². The minimum atomic E-state index is -1.15. The molecule has 1 aliphatic heterocycles. The van der Waals surface area contributed by atoms with Crippen molar-refractivity contribution in [1.29, 1.82) is 0 Å². The molecule has 1 heterocycles. The summed E-state index contributed by atoms with van der Waals surface area (Å²) in [6.07, 6.45) is -2.67. The fourth-order valence-corrected chi connectivity index (χ4v) is 1.54. The maximum absolute atomic E-state index is 10.4. The van der Waals surface area contributed by atoms with Crippen LogP contribution in [0.5, 0.6) is 0 Å². The number of aliphatic hydroxyl groups excluding tert-OH is 2. The molecular formula is C7H12N2O5. The molecule has 7 nitrogen and oxygen atoms in total. The van der Waals surface area contributed by atoms with Gasteiger partial charge in [-0.3, -0.25) is 0 Å². The van der Waals surface area contributed by atoms with E-state index in [9.17, 15) is 14.9 Å². The zero-order chi connectivity index (χ0) is 10.7. The van der Waals surface area contributed by atoms with Crippen molar-refractivity contribution in [2.24, 2.45) is 10.4 Å². The Morgan fingerprint density at radius 1 is 1.29 bits per heavy atom. The zero-order valence-electron chi connectivity index (χ0n) is 7.61. The number of rotatable bonds is 3. The number of ether oxygens (including phenoxy) is 1. The van der Waals surface area contributed by atoms with Gasteiger partial charge in [0.2, 0.25) is 0 Å². The van der Waals surface area contributed by atoms with Crippen LogP contribution in [0.4, 0.5) is 0 Å². The predicted molar refractivity (Wildman–Crippen MR) is 46.6 cm³/mol. The molecule has 5 atom stereocenters. The normalized spacial score (nSPS) is 43.2. The summed E-state index contributed by atoms with van der Waals surface area (Å²) in [4.78, 5) is 20.8. The van der Waals surface area contributed by atoms with Crippen molar-refractivity contribution < 1.29 is 14.9 Å². The first-order chi connectivity index (χ1) is 6.65. The van der Waals surface area contributed by atoms with E-state index in [-0.39, 0.29) is 0 Å².